The lowest BCUT2D eigenvalue weighted by Gasteiger charge is -2.15. The summed E-state index contributed by atoms with van der Waals surface area (Å²) in [5.41, 5.74) is 7.92. The minimum absolute atomic E-state index is 0. The van der Waals surface area contributed by atoms with Crippen LogP contribution in [0.2, 0.25) is 5.02 Å². The Balaban J connectivity index is 0.00000288. The third-order valence-corrected chi connectivity index (χ3v) is 3.85. The Hall–Kier alpha value is -2.26. The van der Waals surface area contributed by atoms with E-state index in [2.05, 4.69) is 0 Å². The smallest absolute Gasteiger partial charge is 0.304 e. The Morgan fingerprint density at radius 3 is 2.58 bits per heavy atom. The summed E-state index contributed by atoms with van der Waals surface area (Å²) < 4.78 is 0. The van der Waals surface area contributed by atoms with Crippen molar-refractivity contribution in [2.75, 3.05) is 6.54 Å². The summed E-state index contributed by atoms with van der Waals surface area (Å²) in [6.45, 7) is 0.191. The van der Waals surface area contributed by atoms with Crippen molar-refractivity contribution in [2.45, 2.75) is 12.3 Å². The van der Waals surface area contributed by atoms with E-state index in [1.165, 1.54) is 12.1 Å². The highest BCUT2D eigenvalue weighted by Gasteiger charge is 2.16. The van der Waals surface area contributed by atoms with Crippen LogP contribution in [0, 0.1) is 11.3 Å². The van der Waals surface area contributed by atoms with Gasteiger partial charge in [-0.1, -0.05) is 17.7 Å². The van der Waals surface area contributed by atoms with Crippen LogP contribution in [0.5, 0.6) is 5.75 Å². The number of carboxylic acids is 1. The van der Waals surface area contributed by atoms with Gasteiger partial charge < -0.3 is 15.9 Å². The molecule has 0 saturated heterocycles. The Bertz CT molecular complexity index is 788. The molecule has 0 aliphatic carbocycles. The number of nitriles is 1. The molecule has 2 aromatic rings. The number of aromatic hydroxyl groups is 1. The first-order chi connectivity index (χ1) is 10.9. The summed E-state index contributed by atoms with van der Waals surface area (Å²) >= 11 is 6.22. The molecule has 0 bridgehead atoms. The molecule has 0 unspecified atom stereocenters. The normalized spacial score (nSPS) is 11.2. The number of nitrogens with two attached hydrogens (primary N) is 1. The van der Waals surface area contributed by atoms with Crippen LogP contribution >= 0.6 is 24.0 Å². The van der Waals surface area contributed by atoms with E-state index in [4.69, 9.17) is 27.7 Å². The highest BCUT2D eigenvalue weighted by molar-refractivity contribution is 6.33. The van der Waals surface area contributed by atoms with Gasteiger partial charge in [0.25, 0.3) is 0 Å². The molecular weight excluding hydrogens is 351 g/mol. The first kappa shape index (κ1) is 19.8. The fraction of sp³-hybridized carbons (Fsp3) is 0.176. The Morgan fingerprint density at radius 1 is 1.29 bits per heavy atom. The quantitative estimate of drug-likeness (QED) is 0.749. The monoisotopic (exact) mass is 366 g/mol. The van der Waals surface area contributed by atoms with Gasteiger partial charge in [0.05, 0.1) is 18.1 Å². The van der Waals surface area contributed by atoms with Crippen LogP contribution < -0.4 is 5.73 Å². The van der Waals surface area contributed by atoms with Gasteiger partial charge in [0, 0.05) is 16.5 Å². The number of phenols is 1. The molecule has 0 radical (unpaired) electrons. The average molecular weight is 367 g/mol. The van der Waals surface area contributed by atoms with E-state index in [9.17, 15) is 9.90 Å². The van der Waals surface area contributed by atoms with Gasteiger partial charge in [0.1, 0.15) is 5.75 Å². The predicted octanol–water partition coefficient (Wildman–Crippen LogP) is 3.52. The summed E-state index contributed by atoms with van der Waals surface area (Å²) in [5, 5.41) is 28.1. The molecule has 2 rings (SSSR count). The SMILES string of the molecule is Cl.N#Cc1cc(O)cc(-c2cc([C@H](CN)CC(=O)O)ccc2Cl)c1. The van der Waals surface area contributed by atoms with E-state index in [1.54, 1.807) is 24.3 Å². The molecule has 0 amide bonds. The molecule has 0 aromatic heterocycles. The summed E-state index contributed by atoms with van der Waals surface area (Å²) in [7, 11) is 0. The number of carbonyl (C=O) groups is 1. The van der Waals surface area contributed by atoms with Crippen molar-refractivity contribution in [1.82, 2.24) is 0 Å². The molecule has 2 aromatic carbocycles. The van der Waals surface area contributed by atoms with Crippen molar-refractivity contribution in [3.63, 3.8) is 0 Å². The van der Waals surface area contributed by atoms with Gasteiger partial charge in [-0.05, 0) is 48.0 Å². The number of halogens is 2. The molecule has 126 valence electrons. The fourth-order valence-corrected chi connectivity index (χ4v) is 2.62. The molecular formula is C17H16Cl2N2O3. The highest BCUT2D eigenvalue weighted by atomic mass is 35.5. The average Bonchev–Trinajstić information content (AvgIpc) is 2.52. The molecule has 0 fully saturated rings. The van der Waals surface area contributed by atoms with Crippen molar-refractivity contribution < 1.29 is 15.0 Å². The number of aliphatic carboxylic acids is 1. The van der Waals surface area contributed by atoms with Crippen LogP contribution in [0.4, 0.5) is 0 Å². The minimum Gasteiger partial charge on any atom is -0.508 e. The zero-order valence-electron chi connectivity index (χ0n) is 12.6. The zero-order valence-corrected chi connectivity index (χ0v) is 14.1. The molecule has 1 atom stereocenters. The van der Waals surface area contributed by atoms with E-state index >= 15 is 0 Å². The van der Waals surface area contributed by atoms with Crippen LogP contribution in [-0.4, -0.2) is 22.7 Å². The molecule has 5 nitrogen and oxygen atoms in total. The van der Waals surface area contributed by atoms with Gasteiger partial charge in [-0.25, -0.2) is 0 Å². The van der Waals surface area contributed by atoms with E-state index in [1.807, 2.05) is 6.07 Å². The number of phenolic OH excluding ortho intramolecular Hbond substituents is 1. The molecule has 4 N–H and O–H groups in total. The van der Waals surface area contributed by atoms with Gasteiger partial charge in [-0.2, -0.15) is 5.26 Å². The van der Waals surface area contributed by atoms with Crippen molar-refractivity contribution in [3.05, 3.63) is 52.5 Å². The summed E-state index contributed by atoms with van der Waals surface area (Å²) in [6, 6.07) is 11.6. The maximum Gasteiger partial charge on any atom is 0.304 e. The molecule has 0 saturated carbocycles. The minimum atomic E-state index is -0.930. The molecule has 0 heterocycles. The van der Waals surface area contributed by atoms with E-state index in [-0.39, 0.29) is 37.0 Å². The zero-order chi connectivity index (χ0) is 17.0. The topological polar surface area (TPSA) is 107 Å². The number of hydrogen-bond acceptors (Lipinski definition) is 4. The third-order valence-electron chi connectivity index (χ3n) is 3.53. The number of benzene rings is 2. The lowest BCUT2D eigenvalue weighted by Crippen LogP contribution is -2.16. The van der Waals surface area contributed by atoms with Crippen molar-refractivity contribution in [1.29, 1.82) is 5.26 Å². The van der Waals surface area contributed by atoms with Gasteiger partial charge in [-0.3, -0.25) is 4.79 Å². The van der Waals surface area contributed by atoms with Gasteiger partial charge in [0.2, 0.25) is 0 Å². The Morgan fingerprint density at radius 2 is 2.00 bits per heavy atom. The Labute approximate surface area is 150 Å². The third kappa shape index (κ3) is 4.62. The van der Waals surface area contributed by atoms with Crippen LogP contribution in [0.3, 0.4) is 0 Å². The van der Waals surface area contributed by atoms with Crippen molar-refractivity contribution in [2.24, 2.45) is 5.73 Å². The first-order valence-corrected chi connectivity index (χ1v) is 7.28. The van der Waals surface area contributed by atoms with Gasteiger partial charge in [-0.15, -0.1) is 12.4 Å². The standard InChI is InChI=1S/C17H15ClN2O3.ClH/c18-16-2-1-11(13(9-20)7-17(22)23)6-15(16)12-3-10(8-19)4-14(21)5-12;/h1-6,13,21H,7,9,20H2,(H,22,23);1H/t13-;/m0./s1. The van der Waals surface area contributed by atoms with E-state index in [0.29, 0.717) is 21.7 Å². The van der Waals surface area contributed by atoms with Crippen molar-refractivity contribution >= 4 is 30.0 Å². The number of nitrogens with zero attached hydrogens (tertiary/aromatic N) is 1. The van der Waals surface area contributed by atoms with Crippen molar-refractivity contribution in [3.8, 4) is 22.9 Å². The summed E-state index contributed by atoms with van der Waals surface area (Å²) in [4.78, 5) is 10.9. The second kappa shape index (κ2) is 8.55. The van der Waals surface area contributed by atoms with E-state index < -0.39 is 5.97 Å². The van der Waals surface area contributed by atoms with Crippen LogP contribution in [0.1, 0.15) is 23.5 Å². The number of rotatable bonds is 5. The number of carboxylic acid groups (broad SMARTS) is 1. The predicted molar refractivity (Wildman–Crippen MR) is 94.6 cm³/mol. The molecule has 0 aliphatic heterocycles. The van der Waals surface area contributed by atoms with E-state index in [0.717, 1.165) is 5.56 Å². The maximum atomic E-state index is 10.9. The lowest BCUT2D eigenvalue weighted by atomic mass is 9.92. The van der Waals surface area contributed by atoms with Crippen LogP contribution in [0.15, 0.2) is 36.4 Å². The second-order valence-electron chi connectivity index (χ2n) is 5.15. The lowest BCUT2D eigenvalue weighted by molar-refractivity contribution is -0.137. The number of hydrogen-bond donors (Lipinski definition) is 3. The van der Waals surface area contributed by atoms with Gasteiger partial charge in [0.15, 0.2) is 0 Å². The van der Waals surface area contributed by atoms with Crippen LogP contribution in [-0.2, 0) is 4.79 Å². The molecule has 0 aliphatic rings. The maximum absolute atomic E-state index is 10.9. The summed E-state index contributed by atoms with van der Waals surface area (Å²) in [6.07, 6.45) is -0.0823. The molecule has 7 heteroatoms. The molecule has 0 spiro atoms. The van der Waals surface area contributed by atoms with Crippen LogP contribution in [0.25, 0.3) is 11.1 Å². The largest absolute Gasteiger partial charge is 0.508 e. The fourth-order valence-electron chi connectivity index (χ4n) is 2.40. The Kier molecular flexibility index (Phi) is 7.05. The summed E-state index contributed by atoms with van der Waals surface area (Å²) in [5.74, 6) is -1.31. The van der Waals surface area contributed by atoms with Gasteiger partial charge >= 0.3 is 5.97 Å². The first-order valence-electron chi connectivity index (χ1n) is 6.90. The highest BCUT2D eigenvalue weighted by Crippen LogP contribution is 2.34. The second-order valence-corrected chi connectivity index (χ2v) is 5.56. The molecule has 24 heavy (non-hydrogen) atoms.